The van der Waals surface area contributed by atoms with Crippen molar-refractivity contribution in [1.29, 1.82) is 0 Å². The quantitative estimate of drug-likeness (QED) is 0.739. The van der Waals surface area contributed by atoms with E-state index in [0.29, 0.717) is 30.0 Å². The van der Waals surface area contributed by atoms with Crippen molar-refractivity contribution in [2.75, 3.05) is 23.0 Å². The third kappa shape index (κ3) is 4.24. The van der Waals surface area contributed by atoms with Crippen LogP contribution in [-0.2, 0) is 23.9 Å². The number of anilines is 2. The highest BCUT2D eigenvalue weighted by molar-refractivity contribution is 8.01. The van der Waals surface area contributed by atoms with E-state index in [0.717, 1.165) is 0 Å². The number of benzene rings is 1. The van der Waals surface area contributed by atoms with Gasteiger partial charge in [-0.05, 0) is 31.5 Å². The number of carbonyl (C=O) groups is 4. The van der Waals surface area contributed by atoms with Crippen molar-refractivity contribution < 1.29 is 23.9 Å². The lowest BCUT2D eigenvalue weighted by atomic mass is 10.2. The highest BCUT2D eigenvalue weighted by Crippen LogP contribution is 2.47. The van der Waals surface area contributed by atoms with Gasteiger partial charge in [-0.15, -0.1) is 11.8 Å². The summed E-state index contributed by atoms with van der Waals surface area (Å²) in [4.78, 5) is 48.8. The Morgan fingerprint density at radius 3 is 2.70 bits per heavy atom. The molecule has 9 heteroatoms. The van der Waals surface area contributed by atoms with Crippen molar-refractivity contribution in [3.8, 4) is 0 Å². The van der Waals surface area contributed by atoms with Crippen LogP contribution in [0.3, 0.4) is 0 Å². The highest BCUT2D eigenvalue weighted by atomic mass is 32.2. The molecule has 8 nitrogen and oxygen atoms in total. The van der Waals surface area contributed by atoms with Gasteiger partial charge < -0.3 is 20.3 Å². The third-order valence-corrected chi connectivity index (χ3v) is 6.03. The van der Waals surface area contributed by atoms with E-state index in [9.17, 15) is 19.2 Å². The predicted octanol–water partition coefficient (Wildman–Crippen LogP) is 1.58. The summed E-state index contributed by atoms with van der Waals surface area (Å²) in [5.41, 5.74) is 1.02. The largest absolute Gasteiger partial charge is 0.454 e. The molecule has 1 aromatic carbocycles. The molecule has 2 heterocycles. The molecule has 0 radical (unpaired) electrons. The van der Waals surface area contributed by atoms with Crippen LogP contribution in [0.1, 0.15) is 26.7 Å². The maximum absolute atomic E-state index is 12.4. The van der Waals surface area contributed by atoms with E-state index in [-0.39, 0.29) is 16.7 Å². The lowest BCUT2D eigenvalue weighted by Crippen LogP contribution is -2.47. The number of nitrogens with one attached hydrogen (secondary N) is 2. The van der Waals surface area contributed by atoms with Crippen molar-refractivity contribution in [1.82, 2.24) is 4.90 Å². The standard InChI is InChI=1S/C18H21N3O5S/c1-11(22)19-12-4-3-5-13(8-12)20-15(23)9-26-17(25)14-10-27-18(2)7-6-16(24)21(14)18/h3-5,8,14H,6-7,9-10H2,1-2H3,(H,19,22)(H,20,23)/t14-,18+/m1/s1. The van der Waals surface area contributed by atoms with Gasteiger partial charge in [0.2, 0.25) is 11.8 Å². The number of carbonyl (C=O) groups excluding carboxylic acids is 4. The van der Waals surface area contributed by atoms with Crippen LogP contribution >= 0.6 is 11.8 Å². The van der Waals surface area contributed by atoms with Gasteiger partial charge in [0.1, 0.15) is 6.04 Å². The normalized spacial score (nSPS) is 23.7. The average molecular weight is 391 g/mol. The molecule has 0 aromatic heterocycles. The number of esters is 1. The van der Waals surface area contributed by atoms with Crippen molar-refractivity contribution in [2.24, 2.45) is 0 Å². The predicted molar refractivity (Wildman–Crippen MR) is 101 cm³/mol. The van der Waals surface area contributed by atoms with E-state index in [1.807, 2.05) is 6.92 Å². The molecule has 27 heavy (non-hydrogen) atoms. The Kier molecular flexibility index (Phi) is 5.41. The summed E-state index contributed by atoms with van der Waals surface area (Å²) in [6.07, 6.45) is 1.14. The van der Waals surface area contributed by atoms with Crippen LogP contribution in [0.5, 0.6) is 0 Å². The number of amides is 3. The maximum Gasteiger partial charge on any atom is 0.330 e. The molecule has 2 fully saturated rings. The van der Waals surface area contributed by atoms with Crippen LogP contribution in [-0.4, -0.2) is 51.9 Å². The van der Waals surface area contributed by atoms with Crippen molar-refractivity contribution in [2.45, 2.75) is 37.6 Å². The third-order valence-electron chi connectivity index (χ3n) is 4.53. The zero-order chi connectivity index (χ0) is 19.6. The number of hydrogen-bond donors (Lipinski definition) is 2. The first kappa shape index (κ1) is 19.2. The Morgan fingerprint density at radius 1 is 1.30 bits per heavy atom. The summed E-state index contributed by atoms with van der Waals surface area (Å²) >= 11 is 1.57. The Bertz CT molecular complexity index is 799. The molecule has 0 spiro atoms. The van der Waals surface area contributed by atoms with Gasteiger partial charge in [0.05, 0.1) is 4.87 Å². The molecular weight excluding hydrogens is 370 g/mol. The maximum atomic E-state index is 12.4. The minimum atomic E-state index is -0.647. The molecule has 0 aliphatic carbocycles. The summed E-state index contributed by atoms with van der Waals surface area (Å²) in [5.74, 6) is -0.858. The SMILES string of the molecule is CC(=O)Nc1cccc(NC(=O)COC(=O)[C@H]2CS[C@@]3(C)CCC(=O)N23)c1. The molecule has 2 aliphatic heterocycles. The van der Waals surface area contributed by atoms with Crippen LogP contribution in [0.2, 0.25) is 0 Å². The van der Waals surface area contributed by atoms with Crippen molar-refractivity contribution >= 4 is 46.8 Å². The Balaban J connectivity index is 1.53. The molecular formula is C18H21N3O5S. The number of nitrogens with zero attached hydrogens (tertiary/aromatic N) is 1. The number of ether oxygens (including phenoxy) is 1. The van der Waals surface area contributed by atoms with Gasteiger partial charge in [-0.2, -0.15) is 0 Å². The number of rotatable bonds is 5. The second-order valence-electron chi connectivity index (χ2n) is 6.68. The molecule has 3 amide bonds. The molecule has 144 valence electrons. The van der Waals surface area contributed by atoms with Gasteiger partial charge >= 0.3 is 5.97 Å². The summed E-state index contributed by atoms with van der Waals surface area (Å²) in [6.45, 7) is 2.90. The van der Waals surface area contributed by atoms with E-state index in [1.165, 1.54) is 6.92 Å². The smallest absolute Gasteiger partial charge is 0.330 e. The summed E-state index contributed by atoms with van der Waals surface area (Å²) < 4.78 is 5.13. The van der Waals surface area contributed by atoms with Crippen molar-refractivity contribution in [3.63, 3.8) is 0 Å². The lowest BCUT2D eigenvalue weighted by molar-refractivity contribution is -0.155. The number of fused-ring (bicyclic) bond motifs is 1. The van der Waals surface area contributed by atoms with E-state index in [1.54, 1.807) is 40.9 Å². The molecule has 0 bridgehead atoms. The van der Waals surface area contributed by atoms with Gasteiger partial charge in [-0.3, -0.25) is 14.4 Å². The first-order valence-electron chi connectivity index (χ1n) is 8.59. The van der Waals surface area contributed by atoms with Gasteiger partial charge in [0, 0.05) is 30.5 Å². The lowest BCUT2D eigenvalue weighted by Gasteiger charge is -2.29. The van der Waals surface area contributed by atoms with E-state index >= 15 is 0 Å². The first-order chi connectivity index (χ1) is 12.8. The molecule has 0 unspecified atom stereocenters. The van der Waals surface area contributed by atoms with Gasteiger partial charge in [0.25, 0.3) is 5.91 Å². The second kappa shape index (κ2) is 7.59. The fraction of sp³-hybridized carbons (Fsp3) is 0.444. The summed E-state index contributed by atoms with van der Waals surface area (Å²) in [5, 5.41) is 5.23. The topological polar surface area (TPSA) is 105 Å². The van der Waals surface area contributed by atoms with Crippen LogP contribution in [0, 0.1) is 0 Å². The monoisotopic (exact) mass is 391 g/mol. The zero-order valence-electron chi connectivity index (χ0n) is 15.1. The van der Waals surface area contributed by atoms with Crippen LogP contribution in [0.15, 0.2) is 24.3 Å². The van der Waals surface area contributed by atoms with Crippen LogP contribution in [0.4, 0.5) is 11.4 Å². The Morgan fingerprint density at radius 2 is 2.00 bits per heavy atom. The molecule has 2 aliphatic rings. The number of hydrogen-bond acceptors (Lipinski definition) is 6. The highest BCUT2D eigenvalue weighted by Gasteiger charge is 2.53. The van der Waals surface area contributed by atoms with Gasteiger partial charge in [-0.1, -0.05) is 6.07 Å². The van der Waals surface area contributed by atoms with Crippen LogP contribution in [0.25, 0.3) is 0 Å². The van der Waals surface area contributed by atoms with Crippen molar-refractivity contribution in [3.05, 3.63) is 24.3 Å². The average Bonchev–Trinajstić information content (AvgIpc) is 3.09. The minimum Gasteiger partial charge on any atom is -0.454 e. The fourth-order valence-electron chi connectivity index (χ4n) is 3.30. The summed E-state index contributed by atoms with van der Waals surface area (Å²) in [6, 6.07) is 5.99. The molecule has 2 N–H and O–H groups in total. The molecule has 0 saturated carbocycles. The molecule has 2 atom stereocenters. The second-order valence-corrected chi connectivity index (χ2v) is 8.18. The van der Waals surface area contributed by atoms with Gasteiger partial charge in [0.15, 0.2) is 6.61 Å². The zero-order valence-corrected chi connectivity index (χ0v) is 15.9. The van der Waals surface area contributed by atoms with E-state index in [4.69, 9.17) is 4.74 Å². The Labute approximate surface area is 161 Å². The molecule has 3 rings (SSSR count). The molecule has 2 saturated heterocycles. The van der Waals surface area contributed by atoms with Crippen LogP contribution < -0.4 is 10.6 Å². The van der Waals surface area contributed by atoms with E-state index in [2.05, 4.69) is 10.6 Å². The fourth-order valence-corrected chi connectivity index (χ4v) is 4.72. The summed E-state index contributed by atoms with van der Waals surface area (Å²) in [7, 11) is 0. The molecule has 1 aromatic rings. The first-order valence-corrected chi connectivity index (χ1v) is 9.57. The minimum absolute atomic E-state index is 0.0521. The van der Waals surface area contributed by atoms with E-state index < -0.39 is 24.5 Å². The number of thioether (sulfide) groups is 1. The Hall–Kier alpha value is -2.55. The van der Waals surface area contributed by atoms with Gasteiger partial charge in [-0.25, -0.2) is 4.79 Å².